The van der Waals surface area contributed by atoms with Gasteiger partial charge >= 0.3 is 0 Å². The second-order valence-corrected chi connectivity index (χ2v) is 6.01. The first-order valence-electron chi connectivity index (χ1n) is 5.58. The number of nitrogens with zero attached hydrogens (tertiary/aromatic N) is 1. The molecule has 0 saturated carbocycles. The molecule has 0 fully saturated rings. The smallest absolute Gasteiger partial charge is 0.246 e. The molecule has 1 aromatic carbocycles. The molecule has 0 aliphatic rings. The van der Waals surface area contributed by atoms with Crippen molar-refractivity contribution in [3.63, 3.8) is 0 Å². The standard InChI is InChI=1S/C13H15ClFNO2S/c1-3-13(17)16(4-5-19(2)18)9-10-6-11(14)8-12(15)7-10/h3,6-8H,1,4-5,9H2,2H3. The van der Waals surface area contributed by atoms with Crippen LogP contribution in [0.15, 0.2) is 30.9 Å². The molecule has 0 aliphatic carbocycles. The number of carbonyl (C=O) groups is 1. The maximum absolute atomic E-state index is 13.2. The van der Waals surface area contributed by atoms with Crippen LogP contribution in [-0.4, -0.2) is 33.6 Å². The SMILES string of the molecule is C=CC(=O)N(CCS(C)=O)Cc1cc(F)cc(Cl)c1. The zero-order chi connectivity index (χ0) is 14.4. The Kier molecular flexibility index (Phi) is 6.18. The molecule has 0 spiro atoms. The Morgan fingerprint density at radius 1 is 1.53 bits per heavy atom. The van der Waals surface area contributed by atoms with Crippen molar-refractivity contribution in [1.29, 1.82) is 0 Å². The molecule has 0 saturated heterocycles. The van der Waals surface area contributed by atoms with E-state index in [4.69, 9.17) is 11.6 Å². The summed E-state index contributed by atoms with van der Waals surface area (Å²) in [5.41, 5.74) is 0.585. The highest BCUT2D eigenvalue weighted by molar-refractivity contribution is 7.84. The Morgan fingerprint density at radius 2 is 2.21 bits per heavy atom. The van der Waals surface area contributed by atoms with E-state index in [1.807, 2.05) is 0 Å². The number of benzene rings is 1. The van der Waals surface area contributed by atoms with Crippen molar-refractivity contribution in [2.24, 2.45) is 0 Å². The van der Waals surface area contributed by atoms with Gasteiger partial charge in [0.15, 0.2) is 0 Å². The van der Waals surface area contributed by atoms with Gasteiger partial charge in [-0.3, -0.25) is 9.00 Å². The van der Waals surface area contributed by atoms with Crippen molar-refractivity contribution in [1.82, 2.24) is 4.90 Å². The third-order valence-electron chi connectivity index (χ3n) is 2.43. The summed E-state index contributed by atoms with van der Waals surface area (Å²) in [6.45, 7) is 3.95. The molecule has 1 unspecified atom stereocenters. The van der Waals surface area contributed by atoms with E-state index in [9.17, 15) is 13.4 Å². The number of hydrogen-bond donors (Lipinski definition) is 0. The van der Waals surface area contributed by atoms with E-state index in [1.54, 1.807) is 12.3 Å². The predicted molar refractivity (Wildman–Crippen MR) is 76.0 cm³/mol. The van der Waals surface area contributed by atoms with Gasteiger partial charge in [-0.1, -0.05) is 18.2 Å². The van der Waals surface area contributed by atoms with E-state index in [0.717, 1.165) is 0 Å². The highest BCUT2D eigenvalue weighted by atomic mass is 35.5. The molecule has 1 aromatic rings. The lowest BCUT2D eigenvalue weighted by Gasteiger charge is -2.21. The van der Waals surface area contributed by atoms with Crippen LogP contribution in [0.25, 0.3) is 0 Å². The fourth-order valence-electron chi connectivity index (χ4n) is 1.56. The van der Waals surface area contributed by atoms with E-state index < -0.39 is 16.6 Å². The first kappa shape index (κ1) is 15.9. The van der Waals surface area contributed by atoms with Gasteiger partial charge in [-0.25, -0.2) is 4.39 Å². The molecule has 0 heterocycles. The van der Waals surface area contributed by atoms with Crippen LogP contribution in [-0.2, 0) is 22.1 Å². The first-order chi connectivity index (χ1) is 8.92. The van der Waals surface area contributed by atoms with Crippen LogP contribution >= 0.6 is 11.6 Å². The molecule has 3 nitrogen and oxygen atoms in total. The van der Waals surface area contributed by atoms with Crippen molar-refractivity contribution in [2.45, 2.75) is 6.54 Å². The lowest BCUT2D eigenvalue weighted by Crippen LogP contribution is -2.32. The zero-order valence-electron chi connectivity index (χ0n) is 10.6. The van der Waals surface area contributed by atoms with E-state index in [0.29, 0.717) is 17.9 Å². The highest BCUT2D eigenvalue weighted by Crippen LogP contribution is 2.16. The monoisotopic (exact) mass is 303 g/mol. The van der Waals surface area contributed by atoms with Crippen molar-refractivity contribution in [3.8, 4) is 0 Å². The topological polar surface area (TPSA) is 37.4 Å². The largest absolute Gasteiger partial charge is 0.334 e. The second kappa shape index (κ2) is 7.40. The summed E-state index contributed by atoms with van der Waals surface area (Å²) >= 11 is 5.76. The Morgan fingerprint density at radius 3 is 2.74 bits per heavy atom. The van der Waals surface area contributed by atoms with Crippen LogP contribution in [0.1, 0.15) is 5.56 Å². The Bertz CT molecular complexity index is 487. The number of halogens is 2. The maximum Gasteiger partial charge on any atom is 0.246 e. The summed E-state index contributed by atoms with van der Waals surface area (Å²) in [4.78, 5) is 13.1. The van der Waals surface area contributed by atoms with Gasteiger partial charge in [0, 0.05) is 40.9 Å². The number of hydrogen-bond acceptors (Lipinski definition) is 2. The summed E-state index contributed by atoms with van der Waals surface area (Å²) in [5.74, 6) is -0.374. The van der Waals surface area contributed by atoms with Crippen LogP contribution in [0.3, 0.4) is 0 Å². The maximum atomic E-state index is 13.2. The fourth-order valence-corrected chi connectivity index (χ4v) is 2.28. The molecule has 0 aliphatic heterocycles. The molecule has 0 bridgehead atoms. The third-order valence-corrected chi connectivity index (χ3v) is 3.41. The number of amides is 1. The third kappa shape index (κ3) is 5.53. The molecular weight excluding hydrogens is 289 g/mol. The van der Waals surface area contributed by atoms with Crippen LogP contribution in [0, 0.1) is 5.82 Å². The minimum Gasteiger partial charge on any atom is -0.334 e. The number of carbonyl (C=O) groups excluding carboxylic acids is 1. The fraction of sp³-hybridized carbons (Fsp3) is 0.308. The summed E-state index contributed by atoms with van der Waals surface area (Å²) in [6, 6.07) is 4.11. The predicted octanol–water partition coefficient (Wildman–Crippen LogP) is 2.37. The second-order valence-electron chi connectivity index (χ2n) is 4.02. The molecular formula is C13H15ClFNO2S. The Hall–Kier alpha value is -1.20. The molecule has 0 N–H and O–H groups in total. The van der Waals surface area contributed by atoms with Crippen LogP contribution in [0.4, 0.5) is 4.39 Å². The Labute approximate surface area is 119 Å². The van der Waals surface area contributed by atoms with Crippen LogP contribution < -0.4 is 0 Å². The minimum absolute atomic E-state index is 0.208. The lowest BCUT2D eigenvalue weighted by molar-refractivity contribution is -0.126. The highest BCUT2D eigenvalue weighted by Gasteiger charge is 2.12. The van der Waals surface area contributed by atoms with Crippen molar-refractivity contribution >= 4 is 28.3 Å². The summed E-state index contributed by atoms with van der Waals surface area (Å²) in [7, 11) is -1.000. The van der Waals surface area contributed by atoms with Gasteiger partial charge in [-0.05, 0) is 29.8 Å². The average molecular weight is 304 g/mol. The van der Waals surface area contributed by atoms with Gasteiger partial charge in [0.25, 0.3) is 0 Å². The normalized spacial score (nSPS) is 11.9. The van der Waals surface area contributed by atoms with Gasteiger partial charge < -0.3 is 4.90 Å². The lowest BCUT2D eigenvalue weighted by atomic mass is 10.2. The quantitative estimate of drug-likeness (QED) is 0.757. The molecule has 104 valence electrons. The van der Waals surface area contributed by atoms with Gasteiger partial charge in [-0.15, -0.1) is 0 Å². The molecule has 0 aromatic heterocycles. The average Bonchev–Trinajstić information content (AvgIpc) is 2.32. The van der Waals surface area contributed by atoms with Crippen LogP contribution in [0.2, 0.25) is 5.02 Å². The van der Waals surface area contributed by atoms with Crippen molar-refractivity contribution in [2.75, 3.05) is 18.6 Å². The minimum atomic E-state index is -1.000. The molecule has 0 radical (unpaired) electrons. The van der Waals surface area contributed by atoms with Gasteiger partial charge in [0.1, 0.15) is 5.82 Å². The van der Waals surface area contributed by atoms with Crippen molar-refractivity contribution in [3.05, 3.63) is 47.3 Å². The summed E-state index contributed by atoms with van der Waals surface area (Å²) in [5, 5.41) is 0.278. The molecule has 1 amide bonds. The summed E-state index contributed by atoms with van der Waals surface area (Å²) < 4.78 is 24.3. The van der Waals surface area contributed by atoms with Gasteiger partial charge in [0.05, 0.1) is 0 Å². The van der Waals surface area contributed by atoms with Gasteiger partial charge in [-0.2, -0.15) is 0 Å². The summed E-state index contributed by atoms with van der Waals surface area (Å²) in [6.07, 6.45) is 2.75. The molecule has 1 rings (SSSR count). The Balaban J connectivity index is 2.83. The van der Waals surface area contributed by atoms with Crippen molar-refractivity contribution < 1.29 is 13.4 Å². The first-order valence-corrected chi connectivity index (χ1v) is 7.69. The van der Waals surface area contributed by atoms with Crippen LogP contribution in [0.5, 0.6) is 0 Å². The number of rotatable bonds is 6. The van der Waals surface area contributed by atoms with E-state index >= 15 is 0 Å². The molecule has 1 atom stereocenters. The van der Waals surface area contributed by atoms with E-state index in [-0.39, 0.29) is 17.5 Å². The zero-order valence-corrected chi connectivity index (χ0v) is 12.1. The molecule has 19 heavy (non-hydrogen) atoms. The molecule has 6 heteroatoms. The van der Waals surface area contributed by atoms with E-state index in [2.05, 4.69) is 6.58 Å². The van der Waals surface area contributed by atoms with Gasteiger partial charge in [0.2, 0.25) is 5.91 Å². The van der Waals surface area contributed by atoms with E-state index in [1.165, 1.54) is 23.1 Å².